The molecule has 6 heteroatoms. The molecule has 22 heavy (non-hydrogen) atoms. The summed E-state index contributed by atoms with van der Waals surface area (Å²) in [7, 11) is -3.20. The molecule has 0 aliphatic carbocycles. The van der Waals surface area contributed by atoms with Gasteiger partial charge in [-0.05, 0) is 49.4 Å². The van der Waals surface area contributed by atoms with Crippen LogP contribution in [-0.4, -0.2) is 19.7 Å². The molecule has 1 N–H and O–H groups in total. The molecule has 1 heterocycles. The second-order valence-corrected chi connectivity index (χ2v) is 8.05. The summed E-state index contributed by atoms with van der Waals surface area (Å²) in [6.07, 6.45) is 1.18. The summed E-state index contributed by atoms with van der Waals surface area (Å²) in [5.41, 5.74) is 1.91. The third-order valence-corrected chi connectivity index (χ3v) is 4.98. The molecule has 1 aromatic heterocycles. The van der Waals surface area contributed by atoms with Gasteiger partial charge in [-0.25, -0.2) is 8.42 Å². The number of aryl methyl sites for hydroxylation is 1. The van der Waals surface area contributed by atoms with Crippen molar-refractivity contribution in [2.75, 3.05) is 6.26 Å². The van der Waals surface area contributed by atoms with Crippen molar-refractivity contribution < 1.29 is 13.2 Å². The van der Waals surface area contributed by atoms with Crippen LogP contribution < -0.4 is 4.74 Å². The number of nitrogens with one attached hydrogen (secondary N) is 1. The largest absolute Gasteiger partial charge is 0.455 e. The van der Waals surface area contributed by atoms with E-state index >= 15 is 0 Å². The van der Waals surface area contributed by atoms with E-state index < -0.39 is 9.84 Å². The van der Waals surface area contributed by atoms with Gasteiger partial charge < -0.3 is 9.72 Å². The Balaban J connectivity index is 2.00. The van der Waals surface area contributed by atoms with Gasteiger partial charge in [0.25, 0.3) is 0 Å². The number of ether oxygens (including phenoxy) is 1. The molecule has 0 fully saturated rings. The van der Waals surface area contributed by atoms with Gasteiger partial charge in [0.05, 0.1) is 10.6 Å². The van der Waals surface area contributed by atoms with Crippen molar-refractivity contribution in [2.45, 2.75) is 11.8 Å². The van der Waals surface area contributed by atoms with Gasteiger partial charge in [-0.1, -0.05) is 15.9 Å². The predicted molar refractivity (Wildman–Crippen MR) is 90.4 cm³/mol. The lowest BCUT2D eigenvalue weighted by Gasteiger charge is -2.07. The van der Waals surface area contributed by atoms with Crippen molar-refractivity contribution in [2.24, 2.45) is 0 Å². The van der Waals surface area contributed by atoms with Gasteiger partial charge in [0.15, 0.2) is 15.6 Å². The molecule has 0 atom stereocenters. The van der Waals surface area contributed by atoms with Gasteiger partial charge in [0.2, 0.25) is 0 Å². The molecular formula is C16H14BrNO3S. The first-order valence-corrected chi connectivity index (χ1v) is 9.29. The predicted octanol–water partition coefficient (Wildman–Crippen LogP) is 4.43. The second kappa shape index (κ2) is 5.44. The maximum atomic E-state index is 11.5. The quantitative estimate of drug-likeness (QED) is 0.731. The molecule has 0 saturated carbocycles. The Labute approximate surface area is 137 Å². The number of rotatable bonds is 3. The van der Waals surface area contributed by atoms with Crippen LogP contribution in [0.5, 0.6) is 11.5 Å². The lowest BCUT2D eigenvalue weighted by Crippen LogP contribution is -1.96. The number of H-pyrrole nitrogens is 1. The van der Waals surface area contributed by atoms with E-state index in [4.69, 9.17) is 4.74 Å². The molecule has 0 spiro atoms. The standard InChI is InChI=1S/C16H14BrNO3S/c1-10-16(14-9-11(17)3-8-15(14)18-10)21-12-4-6-13(7-5-12)22(2,19)20/h3-9,18H,1-2H3. The van der Waals surface area contributed by atoms with Crippen LogP contribution in [0.15, 0.2) is 51.8 Å². The van der Waals surface area contributed by atoms with E-state index in [0.29, 0.717) is 5.75 Å². The summed E-state index contributed by atoms with van der Waals surface area (Å²) >= 11 is 3.46. The highest BCUT2D eigenvalue weighted by Crippen LogP contribution is 2.35. The Morgan fingerprint density at radius 1 is 1.09 bits per heavy atom. The first-order chi connectivity index (χ1) is 10.3. The minimum atomic E-state index is -3.20. The monoisotopic (exact) mass is 379 g/mol. The van der Waals surface area contributed by atoms with Crippen molar-refractivity contribution >= 4 is 36.7 Å². The summed E-state index contributed by atoms with van der Waals surface area (Å²) in [6.45, 7) is 1.94. The van der Waals surface area contributed by atoms with Crippen molar-refractivity contribution in [1.82, 2.24) is 4.98 Å². The van der Waals surface area contributed by atoms with E-state index in [2.05, 4.69) is 20.9 Å². The first-order valence-electron chi connectivity index (χ1n) is 6.60. The minimum Gasteiger partial charge on any atom is -0.455 e. The van der Waals surface area contributed by atoms with E-state index in [1.54, 1.807) is 24.3 Å². The van der Waals surface area contributed by atoms with Crippen molar-refractivity contribution in [3.8, 4) is 11.5 Å². The Morgan fingerprint density at radius 3 is 2.41 bits per heavy atom. The Hall–Kier alpha value is -1.79. The minimum absolute atomic E-state index is 0.276. The number of aromatic amines is 1. The molecule has 2 aromatic carbocycles. The van der Waals surface area contributed by atoms with Gasteiger partial charge >= 0.3 is 0 Å². The molecule has 0 unspecified atom stereocenters. The summed E-state index contributed by atoms with van der Waals surface area (Å²) in [6, 6.07) is 12.3. The number of fused-ring (bicyclic) bond motifs is 1. The number of hydrogen-bond donors (Lipinski definition) is 1. The topological polar surface area (TPSA) is 59.2 Å². The summed E-state index contributed by atoms with van der Waals surface area (Å²) in [5, 5.41) is 0.971. The fourth-order valence-electron chi connectivity index (χ4n) is 2.28. The summed E-state index contributed by atoms with van der Waals surface area (Å²) < 4.78 is 29.9. The number of halogens is 1. The van der Waals surface area contributed by atoms with E-state index in [0.717, 1.165) is 26.8 Å². The van der Waals surface area contributed by atoms with Crippen LogP contribution in [-0.2, 0) is 9.84 Å². The van der Waals surface area contributed by atoms with Crippen LogP contribution in [0.1, 0.15) is 5.69 Å². The zero-order valence-electron chi connectivity index (χ0n) is 12.1. The molecule has 114 valence electrons. The average Bonchev–Trinajstić information content (AvgIpc) is 2.75. The van der Waals surface area contributed by atoms with Crippen LogP contribution in [0.3, 0.4) is 0 Å². The maximum Gasteiger partial charge on any atom is 0.175 e. The highest BCUT2D eigenvalue weighted by molar-refractivity contribution is 9.10. The molecule has 0 bridgehead atoms. The number of aromatic nitrogens is 1. The Bertz CT molecular complexity index is 943. The SMILES string of the molecule is Cc1[nH]c2ccc(Br)cc2c1Oc1ccc(S(C)(=O)=O)cc1. The lowest BCUT2D eigenvalue weighted by atomic mass is 10.2. The Morgan fingerprint density at radius 2 is 1.77 bits per heavy atom. The highest BCUT2D eigenvalue weighted by atomic mass is 79.9. The number of sulfone groups is 1. The van der Waals surface area contributed by atoms with Gasteiger partial charge in [0, 0.05) is 21.6 Å². The van der Waals surface area contributed by atoms with Gasteiger partial charge in [-0.15, -0.1) is 0 Å². The van der Waals surface area contributed by atoms with Crippen LogP contribution in [0, 0.1) is 6.92 Å². The average molecular weight is 380 g/mol. The fraction of sp³-hybridized carbons (Fsp3) is 0.125. The maximum absolute atomic E-state index is 11.5. The molecule has 0 aliphatic rings. The van der Waals surface area contributed by atoms with Gasteiger partial charge in [0.1, 0.15) is 5.75 Å². The van der Waals surface area contributed by atoms with Crippen LogP contribution in [0.4, 0.5) is 0 Å². The molecule has 3 aromatic rings. The van der Waals surface area contributed by atoms with Gasteiger partial charge in [-0.2, -0.15) is 0 Å². The zero-order chi connectivity index (χ0) is 15.9. The van der Waals surface area contributed by atoms with E-state index in [1.807, 2.05) is 25.1 Å². The van der Waals surface area contributed by atoms with E-state index in [-0.39, 0.29) is 4.90 Å². The van der Waals surface area contributed by atoms with E-state index in [1.165, 1.54) is 6.26 Å². The highest BCUT2D eigenvalue weighted by Gasteiger charge is 2.12. The van der Waals surface area contributed by atoms with Crippen LogP contribution in [0.2, 0.25) is 0 Å². The van der Waals surface area contributed by atoms with Crippen LogP contribution >= 0.6 is 15.9 Å². The third-order valence-electron chi connectivity index (χ3n) is 3.36. The zero-order valence-corrected chi connectivity index (χ0v) is 14.5. The molecule has 3 rings (SSSR count). The van der Waals surface area contributed by atoms with E-state index in [9.17, 15) is 8.42 Å². The Kier molecular flexibility index (Phi) is 3.74. The van der Waals surface area contributed by atoms with Gasteiger partial charge in [-0.3, -0.25) is 0 Å². The molecule has 0 aliphatic heterocycles. The first kappa shape index (κ1) is 15.1. The molecule has 0 amide bonds. The smallest absolute Gasteiger partial charge is 0.175 e. The number of benzene rings is 2. The molecule has 0 radical (unpaired) electrons. The normalized spacial score (nSPS) is 11.8. The summed E-state index contributed by atoms with van der Waals surface area (Å²) in [5.74, 6) is 1.33. The second-order valence-electron chi connectivity index (χ2n) is 5.11. The van der Waals surface area contributed by atoms with Crippen LogP contribution in [0.25, 0.3) is 10.9 Å². The number of hydrogen-bond acceptors (Lipinski definition) is 3. The van der Waals surface area contributed by atoms with Crippen molar-refractivity contribution in [3.05, 3.63) is 52.6 Å². The lowest BCUT2D eigenvalue weighted by molar-refractivity contribution is 0.483. The summed E-state index contributed by atoms with van der Waals surface area (Å²) in [4.78, 5) is 3.54. The fourth-order valence-corrected chi connectivity index (χ4v) is 3.27. The molecule has 0 saturated heterocycles. The molecule has 4 nitrogen and oxygen atoms in total. The third kappa shape index (κ3) is 2.89. The van der Waals surface area contributed by atoms with Crippen molar-refractivity contribution in [1.29, 1.82) is 0 Å². The molecular weight excluding hydrogens is 366 g/mol. The van der Waals surface area contributed by atoms with Crippen molar-refractivity contribution in [3.63, 3.8) is 0 Å².